The van der Waals surface area contributed by atoms with Crippen molar-refractivity contribution < 1.29 is 39.3 Å². The standard InChI is InChI=1S/C17H26N4O8/c18-9(8-22)15(26)21-6-2-4-12(21)16(27)20-5-1-3-11(20)14(25)19-10(17(28)29)7-13(23)24/h9-12,22H,1-8,18H2,(H,19,25)(H,23,24)(H,28,29). The molecule has 29 heavy (non-hydrogen) atoms. The Kier molecular flexibility index (Phi) is 7.51. The number of rotatable bonds is 8. The van der Waals surface area contributed by atoms with Crippen molar-refractivity contribution in [1.82, 2.24) is 15.1 Å². The van der Waals surface area contributed by atoms with Gasteiger partial charge in [0.2, 0.25) is 17.7 Å². The van der Waals surface area contributed by atoms with Crippen LogP contribution in [0, 0.1) is 0 Å². The zero-order chi connectivity index (χ0) is 21.7. The summed E-state index contributed by atoms with van der Waals surface area (Å²) in [6.07, 6.45) is 0.992. The first-order valence-corrected chi connectivity index (χ1v) is 9.39. The van der Waals surface area contributed by atoms with E-state index >= 15 is 0 Å². The van der Waals surface area contributed by atoms with Gasteiger partial charge in [0.05, 0.1) is 13.0 Å². The largest absolute Gasteiger partial charge is 0.481 e. The van der Waals surface area contributed by atoms with Crippen molar-refractivity contribution >= 4 is 29.7 Å². The van der Waals surface area contributed by atoms with E-state index in [0.29, 0.717) is 32.2 Å². The number of nitrogens with one attached hydrogen (secondary N) is 1. The van der Waals surface area contributed by atoms with Crippen molar-refractivity contribution in [3.8, 4) is 0 Å². The van der Waals surface area contributed by atoms with Crippen molar-refractivity contribution in [3.63, 3.8) is 0 Å². The van der Waals surface area contributed by atoms with Gasteiger partial charge in [-0.05, 0) is 25.7 Å². The molecular weight excluding hydrogens is 388 g/mol. The third kappa shape index (κ3) is 5.21. The predicted octanol–water partition coefficient (Wildman–Crippen LogP) is -2.67. The Hall–Kier alpha value is -2.73. The Morgan fingerprint density at radius 1 is 1.00 bits per heavy atom. The van der Waals surface area contributed by atoms with Crippen LogP contribution in [0.5, 0.6) is 0 Å². The molecule has 0 aromatic heterocycles. The first-order valence-electron chi connectivity index (χ1n) is 9.39. The van der Waals surface area contributed by atoms with Crippen LogP contribution in [0.1, 0.15) is 32.1 Å². The van der Waals surface area contributed by atoms with Crippen molar-refractivity contribution in [1.29, 1.82) is 0 Å². The Labute approximate surface area is 166 Å². The molecule has 0 aromatic rings. The van der Waals surface area contributed by atoms with Crippen molar-refractivity contribution in [2.75, 3.05) is 19.7 Å². The molecule has 4 unspecified atom stereocenters. The number of aliphatic carboxylic acids is 2. The molecule has 0 bridgehead atoms. The second-order valence-corrected chi connectivity index (χ2v) is 7.17. The number of aliphatic hydroxyl groups excluding tert-OH is 1. The molecule has 12 heteroatoms. The maximum atomic E-state index is 13.0. The molecule has 162 valence electrons. The van der Waals surface area contributed by atoms with Gasteiger partial charge in [0, 0.05) is 13.1 Å². The number of carboxylic acids is 2. The summed E-state index contributed by atoms with van der Waals surface area (Å²) >= 11 is 0. The fraction of sp³-hybridized carbons (Fsp3) is 0.706. The SMILES string of the molecule is NC(CO)C(=O)N1CCCC1C(=O)N1CCCC1C(=O)NC(CC(=O)O)C(=O)O. The number of nitrogens with two attached hydrogens (primary N) is 1. The molecule has 3 amide bonds. The smallest absolute Gasteiger partial charge is 0.326 e. The van der Waals surface area contributed by atoms with Crippen LogP contribution in [0.4, 0.5) is 0 Å². The lowest BCUT2D eigenvalue weighted by molar-refractivity contribution is -0.150. The van der Waals surface area contributed by atoms with Gasteiger partial charge in [-0.1, -0.05) is 0 Å². The minimum Gasteiger partial charge on any atom is -0.481 e. The maximum absolute atomic E-state index is 13.0. The van der Waals surface area contributed by atoms with E-state index in [-0.39, 0.29) is 6.54 Å². The Bertz CT molecular complexity index is 684. The van der Waals surface area contributed by atoms with Gasteiger partial charge in [0.15, 0.2) is 0 Å². The van der Waals surface area contributed by atoms with Crippen molar-refractivity contribution in [2.24, 2.45) is 5.73 Å². The normalized spacial score (nSPS) is 23.5. The lowest BCUT2D eigenvalue weighted by Crippen LogP contribution is -2.56. The number of hydrogen-bond donors (Lipinski definition) is 5. The molecule has 0 spiro atoms. The first-order chi connectivity index (χ1) is 13.7. The highest BCUT2D eigenvalue weighted by molar-refractivity contribution is 5.95. The highest BCUT2D eigenvalue weighted by Gasteiger charge is 2.43. The van der Waals surface area contributed by atoms with E-state index in [4.69, 9.17) is 21.1 Å². The third-order valence-corrected chi connectivity index (χ3v) is 5.17. The molecule has 6 N–H and O–H groups in total. The second kappa shape index (κ2) is 9.65. The number of carboxylic acid groups (broad SMARTS) is 2. The van der Waals surface area contributed by atoms with E-state index in [2.05, 4.69) is 5.32 Å². The summed E-state index contributed by atoms with van der Waals surface area (Å²) < 4.78 is 0. The maximum Gasteiger partial charge on any atom is 0.326 e. The second-order valence-electron chi connectivity index (χ2n) is 7.17. The summed E-state index contributed by atoms with van der Waals surface area (Å²) in [5.74, 6) is -4.59. The quantitative estimate of drug-likeness (QED) is 0.282. The number of aliphatic hydroxyl groups is 1. The van der Waals surface area contributed by atoms with E-state index in [1.807, 2.05) is 0 Å². The molecule has 2 fully saturated rings. The van der Waals surface area contributed by atoms with Crippen LogP contribution >= 0.6 is 0 Å². The number of nitrogens with zero attached hydrogens (tertiary/aromatic N) is 2. The molecule has 0 radical (unpaired) electrons. The fourth-order valence-electron chi connectivity index (χ4n) is 3.72. The van der Waals surface area contributed by atoms with Gasteiger partial charge in [-0.2, -0.15) is 0 Å². The number of carbonyl (C=O) groups is 5. The van der Waals surface area contributed by atoms with Crippen LogP contribution < -0.4 is 11.1 Å². The van der Waals surface area contributed by atoms with Gasteiger partial charge in [-0.25, -0.2) is 4.79 Å². The van der Waals surface area contributed by atoms with Gasteiger partial charge in [0.25, 0.3) is 0 Å². The molecule has 0 aliphatic carbocycles. The average molecular weight is 414 g/mol. The molecule has 4 atom stereocenters. The van der Waals surface area contributed by atoms with E-state index in [9.17, 15) is 24.0 Å². The van der Waals surface area contributed by atoms with Crippen LogP contribution in [-0.2, 0) is 24.0 Å². The Balaban J connectivity index is 2.09. The van der Waals surface area contributed by atoms with Crippen LogP contribution in [0.15, 0.2) is 0 Å². The van der Waals surface area contributed by atoms with Crippen molar-refractivity contribution in [3.05, 3.63) is 0 Å². The van der Waals surface area contributed by atoms with Crippen LogP contribution in [0.3, 0.4) is 0 Å². The molecule has 12 nitrogen and oxygen atoms in total. The molecule has 2 aliphatic rings. The first kappa shape index (κ1) is 22.6. The van der Waals surface area contributed by atoms with Gasteiger partial charge < -0.3 is 36.2 Å². The van der Waals surface area contributed by atoms with Crippen LogP contribution in [0.25, 0.3) is 0 Å². The highest BCUT2D eigenvalue weighted by Crippen LogP contribution is 2.25. The summed E-state index contributed by atoms with van der Waals surface area (Å²) in [6, 6.07) is -4.48. The minimum atomic E-state index is -1.61. The fourth-order valence-corrected chi connectivity index (χ4v) is 3.72. The van der Waals surface area contributed by atoms with E-state index in [0.717, 1.165) is 0 Å². The number of carbonyl (C=O) groups excluding carboxylic acids is 3. The number of hydrogen-bond acceptors (Lipinski definition) is 7. The summed E-state index contributed by atoms with van der Waals surface area (Å²) in [5.41, 5.74) is 5.58. The van der Waals surface area contributed by atoms with E-state index < -0.39 is 66.9 Å². The number of amides is 3. The summed E-state index contributed by atoms with van der Waals surface area (Å²) in [5, 5.41) is 29.2. The third-order valence-electron chi connectivity index (χ3n) is 5.17. The molecule has 2 heterocycles. The molecular formula is C17H26N4O8. The van der Waals surface area contributed by atoms with Crippen molar-refractivity contribution in [2.45, 2.75) is 56.3 Å². The van der Waals surface area contributed by atoms with E-state index in [1.165, 1.54) is 9.80 Å². The summed E-state index contributed by atoms with van der Waals surface area (Å²) in [7, 11) is 0. The molecule has 2 saturated heterocycles. The highest BCUT2D eigenvalue weighted by atomic mass is 16.4. The topological polar surface area (TPSA) is 191 Å². The summed E-state index contributed by atoms with van der Waals surface area (Å²) in [6.45, 7) is 0.0245. The van der Waals surface area contributed by atoms with Gasteiger partial charge in [-0.3, -0.25) is 19.2 Å². The minimum absolute atomic E-state index is 0.262. The Morgan fingerprint density at radius 3 is 2.14 bits per heavy atom. The van der Waals surface area contributed by atoms with Gasteiger partial charge in [0.1, 0.15) is 24.2 Å². The van der Waals surface area contributed by atoms with Gasteiger partial charge >= 0.3 is 11.9 Å². The Morgan fingerprint density at radius 2 is 1.59 bits per heavy atom. The molecule has 0 saturated carbocycles. The lowest BCUT2D eigenvalue weighted by Gasteiger charge is -2.32. The number of likely N-dealkylation sites (tertiary alicyclic amines) is 2. The zero-order valence-electron chi connectivity index (χ0n) is 15.8. The van der Waals surface area contributed by atoms with Gasteiger partial charge in [-0.15, -0.1) is 0 Å². The van der Waals surface area contributed by atoms with E-state index in [1.54, 1.807) is 0 Å². The molecule has 0 aromatic carbocycles. The molecule has 2 rings (SSSR count). The lowest BCUT2D eigenvalue weighted by atomic mass is 10.1. The molecule has 2 aliphatic heterocycles. The summed E-state index contributed by atoms with van der Waals surface area (Å²) in [4.78, 5) is 62.5. The monoisotopic (exact) mass is 414 g/mol. The van der Waals surface area contributed by atoms with Crippen LogP contribution in [-0.4, -0.2) is 98.6 Å². The zero-order valence-corrected chi connectivity index (χ0v) is 15.8. The predicted molar refractivity (Wildman–Crippen MR) is 96.4 cm³/mol. The van der Waals surface area contributed by atoms with Crippen LogP contribution in [0.2, 0.25) is 0 Å². The average Bonchev–Trinajstić information content (AvgIpc) is 3.34.